The molecule has 2 aromatic heterocycles. The van der Waals surface area contributed by atoms with Crippen molar-refractivity contribution in [2.45, 2.75) is 25.8 Å². The quantitative estimate of drug-likeness (QED) is 0.882. The van der Waals surface area contributed by atoms with Crippen LogP contribution in [0.5, 0.6) is 0 Å². The summed E-state index contributed by atoms with van der Waals surface area (Å²) in [5.74, 6) is 0.501. The zero-order valence-corrected chi connectivity index (χ0v) is 12.7. The summed E-state index contributed by atoms with van der Waals surface area (Å²) in [6, 6.07) is 4.19. The van der Waals surface area contributed by atoms with E-state index in [1.54, 1.807) is 11.3 Å². The molecule has 3 heterocycles. The summed E-state index contributed by atoms with van der Waals surface area (Å²) in [5, 5.41) is 3.31. The van der Waals surface area contributed by atoms with Gasteiger partial charge in [0.1, 0.15) is 0 Å². The molecule has 1 aliphatic heterocycles. The molecule has 2 aromatic rings. The second kappa shape index (κ2) is 4.60. The summed E-state index contributed by atoms with van der Waals surface area (Å²) < 4.78 is 0. The van der Waals surface area contributed by atoms with Gasteiger partial charge in [-0.25, -0.2) is 0 Å². The van der Waals surface area contributed by atoms with Crippen LogP contribution in [-0.4, -0.2) is 12.3 Å². The number of nitrogens with zero attached hydrogens (tertiary/aromatic N) is 1. The summed E-state index contributed by atoms with van der Waals surface area (Å²) in [6.45, 7) is 1.96. The van der Waals surface area contributed by atoms with Crippen LogP contribution in [0, 0.1) is 5.92 Å². The second-order valence-electron chi connectivity index (χ2n) is 5.55. The van der Waals surface area contributed by atoms with E-state index in [0.29, 0.717) is 5.69 Å². The summed E-state index contributed by atoms with van der Waals surface area (Å²) in [5.41, 5.74) is 8.14. The average Bonchev–Trinajstić information content (AvgIpc) is 3.07. The number of anilines is 2. The number of hydrogen-bond donors (Lipinski definition) is 1. The van der Waals surface area contributed by atoms with Gasteiger partial charge >= 0.3 is 0 Å². The van der Waals surface area contributed by atoms with Crippen LogP contribution in [0.2, 0.25) is 0 Å². The lowest BCUT2D eigenvalue weighted by Gasteiger charge is -2.27. The van der Waals surface area contributed by atoms with Crippen LogP contribution >= 0.6 is 22.7 Å². The van der Waals surface area contributed by atoms with Crippen molar-refractivity contribution >= 4 is 39.1 Å². The van der Waals surface area contributed by atoms with E-state index in [1.807, 2.05) is 17.4 Å². The van der Waals surface area contributed by atoms with E-state index in [4.69, 9.17) is 5.73 Å². The standard InChI is InChI=1S/C15H16N2OS2/c16-11-7-13(20-15(11)14(18)9-1-2-9)17-5-3-12-10(8-17)4-6-19-12/h4,6-7,9H,1-3,5,8,16H2. The van der Waals surface area contributed by atoms with Crippen molar-refractivity contribution in [2.75, 3.05) is 17.2 Å². The highest BCUT2D eigenvalue weighted by atomic mass is 32.1. The molecule has 2 aliphatic rings. The first-order valence-corrected chi connectivity index (χ1v) is 8.65. The fourth-order valence-corrected chi connectivity index (χ4v) is 4.72. The number of rotatable bonds is 3. The largest absolute Gasteiger partial charge is 0.397 e. The van der Waals surface area contributed by atoms with Gasteiger partial charge in [-0.05, 0) is 42.3 Å². The van der Waals surface area contributed by atoms with E-state index < -0.39 is 0 Å². The molecule has 0 atom stereocenters. The van der Waals surface area contributed by atoms with E-state index in [2.05, 4.69) is 16.3 Å². The average molecular weight is 304 g/mol. The molecule has 20 heavy (non-hydrogen) atoms. The van der Waals surface area contributed by atoms with Gasteiger partial charge in [-0.2, -0.15) is 0 Å². The molecule has 104 valence electrons. The van der Waals surface area contributed by atoms with Crippen molar-refractivity contribution < 1.29 is 4.79 Å². The molecule has 0 amide bonds. The topological polar surface area (TPSA) is 46.3 Å². The third-order valence-electron chi connectivity index (χ3n) is 4.04. The van der Waals surface area contributed by atoms with Gasteiger partial charge in [0.25, 0.3) is 0 Å². The fourth-order valence-electron chi connectivity index (χ4n) is 2.71. The van der Waals surface area contributed by atoms with Gasteiger partial charge < -0.3 is 10.6 Å². The van der Waals surface area contributed by atoms with Crippen LogP contribution in [0.4, 0.5) is 10.7 Å². The summed E-state index contributed by atoms with van der Waals surface area (Å²) in [4.78, 5) is 16.8. The molecule has 1 saturated carbocycles. The maximum atomic E-state index is 12.2. The lowest BCUT2D eigenvalue weighted by atomic mass is 10.1. The number of nitrogens with two attached hydrogens (primary N) is 1. The van der Waals surface area contributed by atoms with E-state index in [9.17, 15) is 4.79 Å². The zero-order chi connectivity index (χ0) is 13.7. The number of carbonyl (C=O) groups is 1. The summed E-state index contributed by atoms with van der Waals surface area (Å²) in [7, 11) is 0. The van der Waals surface area contributed by atoms with E-state index in [0.717, 1.165) is 42.2 Å². The number of Topliss-reactive ketones (excluding diaryl/α,β-unsaturated/α-hetero) is 1. The van der Waals surface area contributed by atoms with E-state index in [1.165, 1.54) is 10.4 Å². The van der Waals surface area contributed by atoms with Crippen molar-refractivity contribution in [1.82, 2.24) is 0 Å². The monoisotopic (exact) mass is 304 g/mol. The van der Waals surface area contributed by atoms with Gasteiger partial charge in [0.15, 0.2) is 5.78 Å². The smallest absolute Gasteiger partial charge is 0.178 e. The minimum Gasteiger partial charge on any atom is -0.397 e. The number of thiophene rings is 2. The first-order chi connectivity index (χ1) is 9.72. The third-order valence-corrected chi connectivity index (χ3v) is 6.29. The van der Waals surface area contributed by atoms with Gasteiger partial charge in [0.2, 0.25) is 0 Å². The minimum atomic E-state index is 0.244. The Morgan fingerprint density at radius 3 is 3.05 bits per heavy atom. The predicted molar refractivity (Wildman–Crippen MR) is 84.9 cm³/mol. The molecule has 4 rings (SSSR count). The minimum absolute atomic E-state index is 0.244. The highest BCUT2D eigenvalue weighted by molar-refractivity contribution is 7.18. The van der Waals surface area contributed by atoms with Crippen molar-refractivity contribution in [1.29, 1.82) is 0 Å². The maximum Gasteiger partial charge on any atom is 0.178 e. The molecule has 0 aromatic carbocycles. The van der Waals surface area contributed by atoms with Gasteiger partial charge in [-0.3, -0.25) is 4.79 Å². The van der Waals surface area contributed by atoms with Gasteiger partial charge in [-0.15, -0.1) is 22.7 Å². The molecule has 2 N–H and O–H groups in total. The van der Waals surface area contributed by atoms with Gasteiger partial charge in [0.05, 0.1) is 15.6 Å². The van der Waals surface area contributed by atoms with E-state index >= 15 is 0 Å². The lowest BCUT2D eigenvalue weighted by molar-refractivity contribution is 0.0972. The summed E-state index contributed by atoms with van der Waals surface area (Å²) >= 11 is 3.42. The highest BCUT2D eigenvalue weighted by Crippen LogP contribution is 2.41. The molecule has 0 spiro atoms. The molecule has 1 fully saturated rings. The molecule has 0 unspecified atom stereocenters. The molecule has 0 bridgehead atoms. The fraction of sp³-hybridized carbons (Fsp3) is 0.400. The Balaban J connectivity index is 1.60. The third kappa shape index (κ3) is 2.05. The number of ketones is 1. The van der Waals surface area contributed by atoms with Crippen LogP contribution in [0.3, 0.4) is 0 Å². The Hall–Kier alpha value is -1.33. The zero-order valence-electron chi connectivity index (χ0n) is 11.1. The van der Waals surface area contributed by atoms with Crippen molar-refractivity contribution in [3.8, 4) is 0 Å². The Morgan fingerprint density at radius 1 is 1.40 bits per heavy atom. The predicted octanol–water partition coefficient (Wildman–Crippen LogP) is 3.55. The van der Waals surface area contributed by atoms with Crippen LogP contribution in [-0.2, 0) is 13.0 Å². The lowest BCUT2D eigenvalue weighted by Crippen LogP contribution is -2.28. The van der Waals surface area contributed by atoms with Crippen molar-refractivity contribution in [3.63, 3.8) is 0 Å². The Labute approximate surface area is 126 Å². The molecular weight excluding hydrogens is 288 g/mol. The Morgan fingerprint density at radius 2 is 2.25 bits per heavy atom. The molecule has 0 saturated heterocycles. The molecule has 1 aliphatic carbocycles. The maximum absolute atomic E-state index is 12.2. The molecule has 5 heteroatoms. The van der Waals surface area contributed by atoms with Crippen LogP contribution < -0.4 is 10.6 Å². The van der Waals surface area contributed by atoms with Crippen LogP contribution in [0.1, 0.15) is 33.0 Å². The highest BCUT2D eigenvalue weighted by Gasteiger charge is 2.33. The summed E-state index contributed by atoms with van der Waals surface area (Å²) in [6.07, 6.45) is 3.16. The van der Waals surface area contributed by atoms with E-state index in [-0.39, 0.29) is 11.7 Å². The normalized spacial score (nSPS) is 18.1. The Bertz CT molecular complexity index is 669. The van der Waals surface area contributed by atoms with Crippen LogP contribution in [0.15, 0.2) is 17.5 Å². The number of carbonyl (C=O) groups excluding carboxylic acids is 1. The first-order valence-electron chi connectivity index (χ1n) is 6.96. The first kappa shape index (κ1) is 12.4. The SMILES string of the molecule is Nc1cc(N2CCc3sccc3C2)sc1C(=O)C1CC1. The van der Waals surface area contributed by atoms with Crippen LogP contribution in [0.25, 0.3) is 0 Å². The second-order valence-corrected chi connectivity index (χ2v) is 7.58. The number of hydrogen-bond acceptors (Lipinski definition) is 5. The number of fused-ring (bicyclic) bond motifs is 1. The van der Waals surface area contributed by atoms with Crippen molar-refractivity contribution in [2.24, 2.45) is 5.92 Å². The molecule has 3 nitrogen and oxygen atoms in total. The number of nitrogen functional groups attached to an aromatic ring is 1. The van der Waals surface area contributed by atoms with Gasteiger partial charge in [-0.1, -0.05) is 0 Å². The molecule has 0 radical (unpaired) electrons. The Kier molecular flexibility index (Phi) is 2.86. The van der Waals surface area contributed by atoms with Gasteiger partial charge in [0, 0.05) is 23.9 Å². The molecular formula is C15H16N2OS2. The van der Waals surface area contributed by atoms with Crippen molar-refractivity contribution in [3.05, 3.63) is 32.8 Å².